The van der Waals surface area contributed by atoms with Crippen LogP contribution < -0.4 is 5.73 Å². The van der Waals surface area contributed by atoms with Crippen LogP contribution in [0.25, 0.3) is 33.5 Å². The summed E-state index contributed by atoms with van der Waals surface area (Å²) in [7, 11) is 0. The first-order chi connectivity index (χ1) is 11.6. The second-order valence-electron chi connectivity index (χ2n) is 5.57. The van der Waals surface area contributed by atoms with Crippen LogP contribution in [-0.2, 0) is 0 Å². The van der Waals surface area contributed by atoms with E-state index < -0.39 is 0 Å². The van der Waals surface area contributed by atoms with Crippen molar-refractivity contribution < 1.29 is 0 Å². The molecule has 3 N–H and O–H groups in total. The summed E-state index contributed by atoms with van der Waals surface area (Å²) in [5.41, 5.74) is 11.4. The second kappa shape index (κ2) is 5.86. The molecule has 24 heavy (non-hydrogen) atoms. The molecule has 0 amide bonds. The zero-order valence-electron chi connectivity index (χ0n) is 12.6. The molecule has 0 bridgehead atoms. The van der Waals surface area contributed by atoms with E-state index in [1.165, 1.54) is 0 Å². The highest BCUT2D eigenvalue weighted by molar-refractivity contribution is 6.42. The molecule has 4 aromatic rings. The predicted molar refractivity (Wildman–Crippen MR) is 101 cm³/mol. The highest BCUT2D eigenvalue weighted by Crippen LogP contribution is 2.29. The minimum atomic E-state index is 0.501. The van der Waals surface area contributed by atoms with Crippen LogP contribution in [0.1, 0.15) is 0 Å². The number of H-pyrrole nitrogens is 1. The molecule has 5 heteroatoms. The van der Waals surface area contributed by atoms with Crippen molar-refractivity contribution in [1.29, 1.82) is 0 Å². The Kier molecular flexibility index (Phi) is 3.68. The van der Waals surface area contributed by atoms with Crippen molar-refractivity contribution in [3.63, 3.8) is 0 Å². The summed E-state index contributed by atoms with van der Waals surface area (Å²) < 4.78 is 0. The topological polar surface area (TPSA) is 54.7 Å². The largest absolute Gasteiger partial charge is 0.399 e. The summed E-state index contributed by atoms with van der Waals surface area (Å²) in [6.45, 7) is 0. The number of nitrogens with two attached hydrogens (primary N) is 1. The van der Waals surface area contributed by atoms with Gasteiger partial charge < -0.3 is 10.7 Å². The molecule has 1 heterocycles. The van der Waals surface area contributed by atoms with E-state index in [0.717, 1.165) is 39.2 Å². The first-order valence-corrected chi connectivity index (χ1v) is 8.17. The first-order valence-electron chi connectivity index (χ1n) is 7.41. The van der Waals surface area contributed by atoms with Crippen molar-refractivity contribution >= 4 is 39.9 Å². The Morgan fingerprint density at radius 2 is 1.29 bits per heavy atom. The third-order valence-corrected chi connectivity index (χ3v) is 4.65. The van der Waals surface area contributed by atoms with Gasteiger partial charge in [-0.05, 0) is 35.4 Å². The van der Waals surface area contributed by atoms with Gasteiger partial charge in [0.1, 0.15) is 5.82 Å². The lowest BCUT2D eigenvalue weighted by Crippen LogP contribution is -1.85. The molecule has 0 spiro atoms. The second-order valence-corrected chi connectivity index (χ2v) is 6.38. The maximum absolute atomic E-state index is 6.05. The van der Waals surface area contributed by atoms with Gasteiger partial charge in [-0.15, -0.1) is 0 Å². The predicted octanol–water partition coefficient (Wildman–Crippen LogP) is 5.79. The number of benzene rings is 3. The Balaban J connectivity index is 1.71. The van der Waals surface area contributed by atoms with Crippen LogP contribution in [-0.4, -0.2) is 9.97 Å². The van der Waals surface area contributed by atoms with Crippen LogP contribution in [0, 0.1) is 0 Å². The van der Waals surface area contributed by atoms with Gasteiger partial charge in [0.15, 0.2) is 0 Å². The number of rotatable bonds is 2. The monoisotopic (exact) mass is 353 g/mol. The van der Waals surface area contributed by atoms with Gasteiger partial charge >= 0.3 is 0 Å². The molecule has 1 aromatic heterocycles. The average molecular weight is 354 g/mol. The Hall–Kier alpha value is -2.49. The Bertz CT molecular complexity index is 980. The zero-order valence-corrected chi connectivity index (χ0v) is 14.1. The van der Waals surface area contributed by atoms with Crippen LogP contribution in [0.2, 0.25) is 10.0 Å². The first kappa shape index (κ1) is 15.1. The SMILES string of the molecule is Nc1ccc(-c2ccc(-c3nc4cc(Cl)c(Cl)cc4[nH]3)cc2)cc1. The van der Waals surface area contributed by atoms with Crippen molar-refractivity contribution in [1.82, 2.24) is 9.97 Å². The molecule has 4 rings (SSSR count). The zero-order chi connectivity index (χ0) is 16.7. The smallest absolute Gasteiger partial charge is 0.138 e. The number of nitrogen functional groups attached to an aromatic ring is 1. The number of anilines is 1. The van der Waals surface area contributed by atoms with Crippen LogP contribution in [0.4, 0.5) is 5.69 Å². The van der Waals surface area contributed by atoms with Crippen LogP contribution in [0.5, 0.6) is 0 Å². The molecular formula is C19H13Cl2N3. The van der Waals surface area contributed by atoms with Crippen LogP contribution in [0.15, 0.2) is 60.7 Å². The maximum atomic E-state index is 6.05. The minimum Gasteiger partial charge on any atom is -0.399 e. The summed E-state index contributed by atoms with van der Waals surface area (Å²) in [5, 5.41) is 1.01. The number of aromatic amines is 1. The number of nitrogens with one attached hydrogen (secondary N) is 1. The molecule has 0 aliphatic heterocycles. The summed E-state index contributed by atoms with van der Waals surface area (Å²) >= 11 is 12.1. The van der Waals surface area contributed by atoms with Crippen molar-refractivity contribution in [3.8, 4) is 22.5 Å². The molecule has 0 aliphatic carbocycles. The van der Waals surface area contributed by atoms with Gasteiger partial charge in [0.05, 0.1) is 21.1 Å². The number of aromatic nitrogens is 2. The molecule has 3 nitrogen and oxygen atoms in total. The van der Waals surface area contributed by atoms with E-state index in [9.17, 15) is 0 Å². The number of halogens is 2. The number of hydrogen-bond donors (Lipinski definition) is 2. The van der Waals surface area contributed by atoms with Gasteiger partial charge in [0.2, 0.25) is 0 Å². The Morgan fingerprint density at radius 1 is 0.750 bits per heavy atom. The van der Waals surface area contributed by atoms with Gasteiger partial charge in [0.25, 0.3) is 0 Å². The van der Waals surface area contributed by atoms with Gasteiger partial charge in [-0.3, -0.25) is 0 Å². The van der Waals surface area contributed by atoms with Crippen LogP contribution in [0.3, 0.4) is 0 Å². The fraction of sp³-hybridized carbons (Fsp3) is 0. The maximum Gasteiger partial charge on any atom is 0.138 e. The van der Waals surface area contributed by atoms with Crippen LogP contribution >= 0.6 is 23.2 Å². The summed E-state index contributed by atoms with van der Waals surface area (Å²) in [4.78, 5) is 7.86. The lowest BCUT2D eigenvalue weighted by molar-refractivity contribution is 1.34. The minimum absolute atomic E-state index is 0.501. The summed E-state index contributed by atoms with van der Waals surface area (Å²) in [6.07, 6.45) is 0. The normalized spacial score (nSPS) is 11.1. The quantitative estimate of drug-likeness (QED) is 0.448. The number of hydrogen-bond acceptors (Lipinski definition) is 2. The van der Waals surface area contributed by atoms with E-state index in [1.807, 2.05) is 36.4 Å². The fourth-order valence-electron chi connectivity index (χ4n) is 2.64. The van der Waals surface area contributed by atoms with E-state index in [0.29, 0.717) is 10.0 Å². The standard InChI is InChI=1S/C19H13Cl2N3/c20-15-9-17-18(10-16(15)21)24-19(23-17)13-3-1-11(2-4-13)12-5-7-14(22)8-6-12/h1-10H,22H2,(H,23,24). The number of imidazole rings is 1. The number of nitrogens with zero attached hydrogens (tertiary/aromatic N) is 1. The molecule has 118 valence electrons. The molecule has 0 aliphatic rings. The molecule has 0 fully saturated rings. The van der Waals surface area contributed by atoms with Gasteiger partial charge in [-0.25, -0.2) is 4.98 Å². The van der Waals surface area contributed by atoms with Gasteiger partial charge in [0, 0.05) is 11.3 Å². The average Bonchev–Trinajstić information content (AvgIpc) is 2.99. The van der Waals surface area contributed by atoms with E-state index in [-0.39, 0.29) is 0 Å². The summed E-state index contributed by atoms with van der Waals surface area (Å²) in [6, 6.07) is 19.6. The highest BCUT2D eigenvalue weighted by atomic mass is 35.5. The third-order valence-electron chi connectivity index (χ3n) is 3.93. The lowest BCUT2D eigenvalue weighted by Gasteiger charge is -2.03. The lowest BCUT2D eigenvalue weighted by atomic mass is 10.0. The van der Waals surface area contributed by atoms with Gasteiger partial charge in [-0.2, -0.15) is 0 Å². The van der Waals surface area contributed by atoms with Crippen molar-refractivity contribution in [3.05, 3.63) is 70.7 Å². The fourth-order valence-corrected chi connectivity index (χ4v) is 2.96. The summed E-state index contributed by atoms with van der Waals surface area (Å²) in [5.74, 6) is 0.784. The molecule has 0 atom stereocenters. The van der Waals surface area contributed by atoms with E-state index >= 15 is 0 Å². The van der Waals surface area contributed by atoms with E-state index in [1.54, 1.807) is 12.1 Å². The van der Waals surface area contributed by atoms with Crippen molar-refractivity contribution in [2.24, 2.45) is 0 Å². The Labute approximate surface area is 149 Å². The van der Waals surface area contributed by atoms with Crippen molar-refractivity contribution in [2.45, 2.75) is 0 Å². The molecule has 0 radical (unpaired) electrons. The molecule has 0 unspecified atom stereocenters. The Morgan fingerprint density at radius 3 is 1.96 bits per heavy atom. The molecule has 3 aromatic carbocycles. The van der Waals surface area contributed by atoms with Crippen molar-refractivity contribution in [2.75, 3.05) is 5.73 Å². The molecule has 0 saturated carbocycles. The third kappa shape index (κ3) is 2.73. The van der Waals surface area contributed by atoms with Gasteiger partial charge in [-0.1, -0.05) is 59.6 Å². The molecular weight excluding hydrogens is 341 g/mol. The van der Waals surface area contributed by atoms with E-state index in [2.05, 4.69) is 22.1 Å². The highest BCUT2D eigenvalue weighted by Gasteiger charge is 2.08. The molecule has 0 saturated heterocycles. The number of fused-ring (bicyclic) bond motifs is 1. The van der Waals surface area contributed by atoms with E-state index in [4.69, 9.17) is 28.9 Å².